The predicted octanol–water partition coefficient (Wildman–Crippen LogP) is 3.10. The molecule has 1 heterocycles. The van der Waals surface area contributed by atoms with Crippen molar-refractivity contribution < 1.29 is 19.1 Å². The largest absolute Gasteiger partial charge is 0.482 e. The van der Waals surface area contributed by atoms with Gasteiger partial charge in [0, 0.05) is 6.42 Å². The maximum absolute atomic E-state index is 13.1. The number of hydrogen-bond acceptors (Lipinski definition) is 4. The van der Waals surface area contributed by atoms with Gasteiger partial charge in [-0.3, -0.25) is 14.4 Å². The summed E-state index contributed by atoms with van der Waals surface area (Å²) in [6.07, 6.45) is 0.344. The Balaban J connectivity index is 1.75. The third-order valence-electron chi connectivity index (χ3n) is 4.79. The van der Waals surface area contributed by atoms with E-state index in [-0.39, 0.29) is 36.3 Å². The van der Waals surface area contributed by atoms with Gasteiger partial charge in [0.1, 0.15) is 11.8 Å². The zero-order chi connectivity index (χ0) is 21.7. The summed E-state index contributed by atoms with van der Waals surface area (Å²) in [5.41, 5.74) is 2.10. The lowest BCUT2D eigenvalue weighted by Gasteiger charge is -2.24. The highest BCUT2D eigenvalue weighted by atomic mass is 16.5. The Bertz CT molecular complexity index is 927. The molecule has 0 aromatic heterocycles. The first kappa shape index (κ1) is 21.4. The molecular weight excluding hydrogens is 382 g/mol. The predicted molar refractivity (Wildman–Crippen MR) is 114 cm³/mol. The fraction of sp³-hybridized carbons (Fsp3) is 0.348. The minimum atomic E-state index is -0.791. The molecule has 3 N–H and O–H groups in total. The smallest absolute Gasteiger partial charge is 0.262 e. The van der Waals surface area contributed by atoms with E-state index in [0.29, 0.717) is 23.4 Å². The van der Waals surface area contributed by atoms with Crippen molar-refractivity contribution in [3.05, 3.63) is 59.7 Å². The number of benzene rings is 2. The van der Waals surface area contributed by atoms with Gasteiger partial charge in [0.15, 0.2) is 6.61 Å². The van der Waals surface area contributed by atoms with Gasteiger partial charge in [0.25, 0.3) is 5.91 Å². The lowest BCUT2D eigenvalue weighted by molar-refractivity contribution is -0.130. The lowest BCUT2D eigenvalue weighted by atomic mass is 10.0. The molecule has 2 aromatic rings. The molecule has 1 aliphatic heterocycles. The summed E-state index contributed by atoms with van der Waals surface area (Å²) in [4.78, 5) is 37.0. The van der Waals surface area contributed by atoms with E-state index < -0.39 is 6.04 Å². The average molecular weight is 409 g/mol. The molecule has 2 aromatic carbocycles. The van der Waals surface area contributed by atoms with Crippen LogP contribution in [0.5, 0.6) is 5.75 Å². The highest BCUT2D eigenvalue weighted by molar-refractivity contribution is 5.95. The normalized spacial score (nSPS) is 14.7. The number of nitrogens with one attached hydrogen (secondary N) is 3. The van der Waals surface area contributed by atoms with Gasteiger partial charge in [-0.2, -0.15) is 0 Å². The van der Waals surface area contributed by atoms with Crippen LogP contribution in [0.3, 0.4) is 0 Å². The first-order valence-electron chi connectivity index (χ1n) is 10.0. The Morgan fingerprint density at radius 3 is 2.47 bits per heavy atom. The zero-order valence-electron chi connectivity index (χ0n) is 17.4. The lowest BCUT2D eigenvalue weighted by Crippen LogP contribution is -2.41. The van der Waals surface area contributed by atoms with E-state index in [2.05, 4.69) is 16.0 Å². The minimum Gasteiger partial charge on any atom is -0.482 e. The Morgan fingerprint density at radius 2 is 1.77 bits per heavy atom. The third kappa shape index (κ3) is 5.37. The number of rotatable bonds is 7. The van der Waals surface area contributed by atoms with Crippen molar-refractivity contribution in [3.63, 3.8) is 0 Å². The van der Waals surface area contributed by atoms with Gasteiger partial charge in [-0.05, 0) is 36.1 Å². The van der Waals surface area contributed by atoms with Crippen LogP contribution in [0.4, 0.5) is 5.69 Å². The molecule has 2 atom stereocenters. The van der Waals surface area contributed by atoms with Gasteiger partial charge in [-0.15, -0.1) is 0 Å². The van der Waals surface area contributed by atoms with Crippen LogP contribution >= 0.6 is 0 Å². The molecule has 158 valence electrons. The first-order chi connectivity index (χ1) is 14.3. The molecule has 0 fully saturated rings. The van der Waals surface area contributed by atoms with Crippen molar-refractivity contribution in [2.45, 2.75) is 39.3 Å². The van der Waals surface area contributed by atoms with Gasteiger partial charge < -0.3 is 20.7 Å². The molecule has 2 unspecified atom stereocenters. The van der Waals surface area contributed by atoms with Crippen molar-refractivity contribution >= 4 is 23.4 Å². The number of ether oxygens (including phenoxy) is 1. The number of amides is 3. The molecule has 30 heavy (non-hydrogen) atoms. The van der Waals surface area contributed by atoms with Gasteiger partial charge in [-0.25, -0.2) is 0 Å². The first-order valence-corrected chi connectivity index (χ1v) is 10.0. The summed E-state index contributed by atoms with van der Waals surface area (Å²) in [7, 11) is 0. The number of anilines is 1. The third-order valence-corrected chi connectivity index (χ3v) is 4.79. The van der Waals surface area contributed by atoms with Gasteiger partial charge in [0.05, 0.1) is 11.7 Å². The van der Waals surface area contributed by atoms with E-state index in [4.69, 9.17) is 4.74 Å². The minimum absolute atomic E-state index is 0.00648. The highest BCUT2D eigenvalue weighted by Crippen LogP contribution is 2.30. The van der Waals surface area contributed by atoms with E-state index in [1.54, 1.807) is 12.1 Å². The van der Waals surface area contributed by atoms with Crippen molar-refractivity contribution in [3.8, 4) is 5.75 Å². The SMILES string of the molecule is CC(C)CC(=O)NC(C(=O)NC(C)c1ccc2c(c1)NC(=O)CO2)c1ccccc1. The van der Waals surface area contributed by atoms with Crippen LogP contribution in [0.2, 0.25) is 0 Å². The van der Waals surface area contributed by atoms with Gasteiger partial charge in [-0.1, -0.05) is 50.2 Å². The second-order valence-corrected chi connectivity index (χ2v) is 7.83. The molecule has 0 bridgehead atoms. The fourth-order valence-electron chi connectivity index (χ4n) is 3.29. The quantitative estimate of drug-likeness (QED) is 0.655. The maximum Gasteiger partial charge on any atom is 0.262 e. The van der Waals surface area contributed by atoms with Gasteiger partial charge in [0.2, 0.25) is 11.8 Å². The fourth-order valence-corrected chi connectivity index (χ4v) is 3.29. The molecule has 0 radical (unpaired) electrons. The van der Waals surface area contributed by atoms with Crippen LogP contribution in [-0.4, -0.2) is 24.3 Å². The number of fused-ring (bicyclic) bond motifs is 1. The van der Waals surface area contributed by atoms with Crippen LogP contribution in [0.1, 0.15) is 50.4 Å². The monoisotopic (exact) mass is 409 g/mol. The summed E-state index contributed by atoms with van der Waals surface area (Å²) in [5, 5.41) is 8.58. The van der Waals surface area contributed by atoms with Crippen LogP contribution < -0.4 is 20.7 Å². The van der Waals surface area contributed by atoms with E-state index in [1.807, 2.05) is 57.2 Å². The van der Waals surface area contributed by atoms with E-state index in [0.717, 1.165) is 5.56 Å². The van der Waals surface area contributed by atoms with Crippen LogP contribution in [0.25, 0.3) is 0 Å². The molecule has 0 aliphatic carbocycles. The molecule has 1 aliphatic rings. The number of hydrogen-bond donors (Lipinski definition) is 3. The van der Waals surface area contributed by atoms with E-state index in [9.17, 15) is 14.4 Å². The summed E-state index contributed by atoms with van der Waals surface area (Å²) in [6.45, 7) is 5.76. The Kier molecular flexibility index (Phi) is 6.72. The topological polar surface area (TPSA) is 96.5 Å². The average Bonchev–Trinajstić information content (AvgIpc) is 2.71. The Morgan fingerprint density at radius 1 is 1.03 bits per heavy atom. The van der Waals surface area contributed by atoms with Crippen molar-refractivity contribution in [2.24, 2.45) is 5.92 Å². The number of carbonyl (C=O) groups is 3. The van der Waals surface area contributed by atoms with Crippen molar-refractivity contribution in [1.82, 2.24) is 10.6 Å². The Labute approximate surface area is 176 Å². The summed E-state index contributed by atoms with van der Waals surface area (Å²) in [6, 6.07) is 13.4. The standard InChI is InChI=1S/C23H27N3O4/c1-14(2)11-20(27)26-22(16-7-5-4-6-8-16)23(29)24-15(3)17-9-10-19-18(12-17)25-21(28)13-30-19/h4-10,12,14-15,22H,11,13H2,1-3H3,(H,24,29)(H,25,28)(H,26,27). The van der Waals surface area contributed by atoms with Crippen molar-refractivity contribution in [1.29, 1.82) is 0 Å². The zero-order valence-corrected chi connectivity index (χ0v) is 17.4. The van der Waals surface area contributed by atoms with E-state index >= 15 is 0 Å². The molecule has 0 saturated heterocycles. The molecule has 3 amide bonds. The molecular formula is C23H27N3O4. The molecule has 0 spiro atoms. The van der Waals surface area contributed by atoms with Crippen LogP contribution in [0, 0.1) is 5.92 Å². The second-order valence-electron chi connectivity index (χ2n) is 7.83. The maximum atomic E-state index is 13.1. The summed E-state index contributed by atoms with van der Waals surface area (Å²) < 4.78 is 5.38. The van der Waals surface area contributed by atoms with Gasteiger partial charge >= 0.3 is 0 Å². The second kappa shape index (κ2) is 9.43. The van der Waals surface area contributed by atoms with Crippen LogP contribution in [-0.2, 0) is 14.4 Å². The summed E-state index contributed by atoms with van der Waals surface area (Å²) in [5.74, 6) is 0.101. The molecule has 7 nitrogen and oxygen atoms in total. The van der Waals surface area contributed by atoms with Crippen molar-refractivity contribution in [2.75, 3.05) is 11.9 Å². The molecule has 7 heteroatoms. The molecule has 0 saturated carbocycles. The Hall–Kier alpha value is -3.35. The van der Waals surface area contributed by atoms with E-state index in [1.165, 1.54) is 0 Å². The summed E-state index contributed by atoms with van der Waals surface area (Å²) >= 11 is 0. The highest BCUT2D eigenvalue weighted by Gasteiger charge is 2.25. The molecule has 3 rings (SSSR count). The van der Waals surface area contributed by atoms with Crippen LogP contribution in [0.15, 0.2) is 48.5 Å². The number of carbonyl (C=O) groups excluding carboxylic acids is 3.